The maximum atomic E-state index is 5.54. The molecule has 0 radical (unpaired) electrons. The zero-order valence-electron chi connectivity index (χ0n) is 13.5. The molecule has 4 nitrogen and oxygen atoms in total. The molecule has 0 saturated carbocycles. The molecule has 0 fully saturated rings. The second-order valence-corrected chi connectivity index (χ2v) is 6.71. The predicted molar refractivity (Wildman–Crippen MR) is 100 cm³/mol. The molecule has 2 aromatic carbocycles. The van der Waals surface area contributed by atoms with Gasteiger partial charge >= 0.3 is 0 Å². The van der Waals surface area contributed by atoms with Gasteiger partial charge in [-0.25, -0.2) is 0 Å². The molecule has 124 valence electrons. The zero-order chi connectivity index (χ0) is 17.1. The van der Waals surface area contributed by atoms with Gasteiger partial charge in [-0.1, -0.05) is 28.1 Å². The maximum absolute atomic E-state index is 5.54. The topological polar surface area (TPSA) is 40.6 Å². The average Bonchev–Trinajstić information content (AvgIpc) is 3.11. The van der Waals surface area contributed by atoms with Crippen LogP contribution < -0.4 is 14.2 Å². The van der Waals surface area contributed by atoms with Crippen LogP contribution in [0.25, 0.3) is 21.7 Å². The molecule has 0 bridgehead atoms. The molecule has 24 heavy (non-hydrogen) atoms. The smallest absolute Gasteiger partial charge is 0.169 e. The lowest BCUT2D eigenvalue weighted by Gasteiger charge is -2.13. The zero-order valence-corrected chi connectivity index (χ0v) is 15.9. The molecule has 0 unspecified atom stereocenters. The summed E-state index contributed by atoms with van der Waals surface area (Å²) >= 11 is 4.87. The van der Waals surface area contributed by atoms with Crippen LogP contribution in [0.5, 0.6) is 17.2 Å². The van der Waals surface area contributed by atoms with E-state index in [4.69, 9.17) is 14.2 Å². The molecule has 6 heteroatoms. The second-order valence-electron chi connectivity index (χ2n) is 4.99. The van der Waals surface area contributed by atoms with Crippen LogP contribution in [-0.2, 0) is 0 Å². The first-order valence-corrected chi connectivity index (χ1v) is 8.76. The summed E-state index contributed by atoms with van der Waals surface area (Å²) in [6.07, 6.45) is 0. The fraction of sp³-hybridized carbons (Fsp3) is 0.167. The number of ether oxygens (including phenoxy) is 3. The molecule has 0 aliphatic rings. The Morgan fingerprint density at radius 1 is 0.917 bits per heavy atom. The highest BCUT2D eigenvalue weighted by atomic mass is 79.9. The van der Waals surface area contributed by atoms with Crippen molar-refractivity contribution in [3.63, 3.8) is 0 Å². The summed E-state index contributed by atoms with van der Waals surface area (Å²) in [6, 6.07) is 13.9. The minimum absolute atomic E-state index is 0.630. The van der Waals surface area contributed by atoms with Crippen molar-refractivity contribution in [2.75, 3.05) is 21.3 Å². The van der Waals surface area contributed by atoms with E-state index in [1.807, 2.05) is 36.4 Å². The molecule has 0 amide bonds. The van der Waals surface area contributed by atoms with Crippen LogP contribution >= 0.6 is 27.5 Å². The van der Waals surface area contributed by atoms with Crippen molar-refractivity contribution in [3.05, 3.63) is 46.9 Å². The fourth-order valence-electron chi connectivity index (χ4n) is 2.40. The molecule has 0 aliphatic heterocycles. The highest BCUT2D eigenvalue weighted by Gasteiger charge is 2.17. The molecule has 3 aromatic rings. The van der Waals surface area contributed by atoms with Crippen molar-refractivity contribution in [2.24, 2.45) is 0 Å². The van der Waals surface area contributed by atoms with Crippen molar-refractivity contribution >= 4 is 27.5 Å². The monoisotopic (exact) mass is 405 g/mol. The van der Waals surface area contributed by atoms with Crippen LogP contribution in [-0.4, -0.2) is 25.7 Å². The lowest BCUT2D eigenvalue weighted by Crippen LogP contribution is -1.94. The van der Waals surface area contributed by atoms with Crippen LogP contribution in [0.1, 0.15) is 0 Å². The fourth-order valence-corrected chi connectivity index (χ4v) is 3.43. The number of hydrogen-bond donors (Lipinski definition) is 0. The summed E-state index contributed by atoms with van der Waals surface area (Å²) in [6.45, 7) is 0. The van der Waals surface area contributed by atoms with E-state index >= 15 is 0 Å². The second kappa shape index (κ2) is 7.23. The lowest BCUT2D eigenvalue weighted by atomic mass is 10.1. The van der Waals surface area contributed by atoms with Crippen molar-refractivity contribution in [3.8, 4) is 38.9 Å². The Morgan fingerprint density at radius 2 is 1.67 bits per heavy atom. The van der Waals surface area contributed by atoms with Gasteiger partial charge in [0.15, 0.2) is 11.5 Å². The molecule has 0 aliphatic carbocycles. The summed E-state index contributed by atoms with van der Waals surface area (Å²) < 4.78 is 21.9. The highest BCUT2D eigenvalue weighted by molar-refractivity contribution is 9.10. The quantitative estimate of drug-likeness (QED) is 0.579. The number of halogens is 1. The van der Waals surface area contributed by atoms with E-state index < -0.39 is 0 Å². The van der Waals surface area contributed by atoms with E-state index in [9.17, 15) is 0 Å². The van der Waals surface area contributed by atoms with Crippen molar-refractivity contribution in [1.29, 1.82) is 0 Å². The summed E-state index contributed by atoms with van der Waals surface area (Å²) in [7, 11) is 4.87. The number of nitrogens with zero attached hydrogens (tertiary/aromatic N) is 1. The van der Waals surface area contributed by atoms with Gasteiger partial charge in [-0.3, -0.25) is 0 Å². The minimum atomic E-state index is 0.630. The Kier molecular flexibility index (Phi) is 5.06. The Balaban J connectivity index is 2.07. The van der Waals surface area contributed by atoms with Gasteiger partial charge in [0.1, 0.15) is 5.75 Å². The Morgan fingerprint density at radius 3 is 2.29 bits per heavy atom. The van der Waals surface area contributed by atoms with Crippen LogP contribution in [0, 0.1) is 0 Å². The number of benzene rings is 2. The van der Waals surface area contributed by atoms with Crippen LogP contribution in [0.2, 0.25) is 0 Å². The number of rotatable bonds is 5. The number of aromatic nitrogens is 1. The first-order chi connectivity index (χ1) is 11.7. The molecule has 0 spiro atoms. The Bertz CT molecular complexity index is 846. The van der Waals surface area contributed by atoms with Gasteiger partial charge < -0.3 is 14.2 Å². The Hall–Kier alpha value is -2.05. The van der Waals surface area contributed by atoms with Gasteiger partial charge in [0.2, 0.25) is 0 Å². The molecule has 0 saturated heterocycles. The van der Waals surface area contributed by atoms with Crippen LogP contribution in [0.15, 0.2) is 46.9 Å². The first kappa shape index (κ1) is 16.8. The van der Waals surface area contributed by atoms with Gasteiger partial charge in [0.25, 0.3) is 0 Å². The van der Waals surface area contributed by atoms with Gasteiger partial charge in [-0.15, -0.1) is 0 Å². The average molecular weight is 406 g/mol. The van der Waals surface area contributed by atoms with Gasteiger partial charge in [0.05, 0.1) is 31.9 Å². The van der Waals surface area contributed by atoms with Crippen LogP contribution in [0.3, 0.4) is 0 Å². The minimum Gasteiger partial charge on any atom is -0.497 e. The summed E-state index contributed by atoms with van der Waals surface area (Å²) in [5.74, 6) is 2.01. The van der Waals surface area contributed by atoms with E-state index in [1.165, 1.54) is 11.5 Å². The molecule has 1 heterocycles. The standard InChI is InChI=1S/C18H16BrNO3S/c1-21-13-8-14(18(23-3)16(9-13)22-2)17-10-15(20-24-17)11-4-6-12(19)7-5-11/h4-10H,1-3H3. The van der Waals surface area contributed by atoms with Crippen molar-refractivity contribution in [1.82, 2.24) is 4.37 Å². The molecular weight excluding hydrogens is 390 g/mol. The largest absolute Gasteiger partial charge is 0.497 e. The van der Waals surface area contributed by atoms with Gasteiger partial charge in [-0.05, 0) is 35.8 Å². The lowest BCUT2D eigenvalue weighted by molar-refractivity contribution is 0.350. The van der Waals surface area contributed by atoms with Gasteiger partial charge in [0, 0.05) is 21.7 Å². The summed E-state index contributed by atoms with van der Waals surface area (Å²) in [5.41, 5.74) is 2.88. The highest BCUT2D eigenvalue weighted by Crippen LogP contribution is 2.43. The summed E-state index contributed by atoms with van der Waals surface area (Å²) in [4.78, 5) is 0.988. The molecule has 3 rings (SSSR count). The van der Waals surface area contributed by atoms with Crippen LogP contribution in [0.4, 0.5) is 0 Å². The third-order valence-corrected chi connectivity index (χ3v) is 4.95. The van der Waals surface area contributed by atoms with E-state index in [0.29, 0.717) is 17.2 Å². The van der Waals surface area contributed by atoms with Crippen molar-refractivity contribution < 1.29 is 14.2 Å². The molecule has 1 aromatic heterocycles. The van der Waals surface area contributed by atoms with E-state index in [2.05, 4.69) is 20.3 Å². The normalized spacial score (nSPS) is 10.5. The predicted octanol–water partition coefficient (Wildman–Crippen LogP) is 5.27. The van der Waals surface area contributed by atoms with Gasteiger partial charge in [-0.2, -0.15) is 4.37 Å². The number of hydrogen-bond acceptors (Lipinski definition) is 5. The first-order valence-electron chi connectivity index (χ1n) is 7.19. The third kappa shape index (κ3) is 3.25. The van der Waals surface area contributed by atoms with Crippen molar-refractivity contribution in [2.45, 2.75) is 0 Å². The third-order valence-electron chi connectivity index (χ3n) is 3.60. The Labute approximate surface area is 153 Å². The van der Waals surface area contributed by atoms with E-state index in [1.54, 1.807) is 27.4 Å². The molecular formula is C18H16BrNO3S. The number of methoxy groups -OCH3 is 3. The maximum Gasteiger partial charge on any atom is 0.169 e. The van der Waals surface area contributed by atoms with E-state index in [0.717, 1.165) is 26.2 Å². The molecule has 0 atom stereocenters. The SMILES string of the molecule is COc1cc(OC)c(OC)c(-c2cc(-c3ccc(Br)cc3)ns2)c1. The molecule has 0 N–H and O–H groups in total. The summed E-state index contributed by atoms with van der Waals surface area (Å²) in [5, 5.41) is 0. The van der Waals surface area contributed by atoms with E-state index in [-0.39, 0.29) is 0 Å².